The van der Waals surface area contributed by atoms with Crippen LogP contribution in [0, 0.1) is 0 Å². The minimum absolute atomic E-state index is 0. The molecule has 0 saturated carbocycles. The molecule has 0 fully saturated rings. The summed E-state index contributed by atoms with van der Waals surface area (Å²) in [6.45, 7) is 60.4. The minimum atomic E-state index is 0. The van der Waals surface area contributed by atoms with Crippen LogP contribution in [0.4, 0.5) is 0 Å². The number of pyridine rings is 1. The lowest BCUT2D eigenvalue weighted by Crippen LogP contribution is -1.69. The van der Waals surface area contributed by atoms with E-state index in [1.54, 1.807) is 165 Å². The number of furan rings is 2. The van der Waals surface area contributed by atoms with Gasteiger partial charge in [0.25, 0.3) is 0 Å². The fraction of sp³-hybridized carbons (Fsp3) is 0.409. The Morgan fingerprint density at radius 1 is 0.283 bits per heavy atom. The van der Waals surface area contributed by atoms with Gasteiger partial charge in [0.1, 0.15) is 19.0 Å². The van der Waals surface area contributed by atoms with Crippen molar-refractivity contribution in [1.82, 2.24) is 89.8 Å². The van der Waals surface area contributed by atoms with E-state index in [0.29, 0.717) is 6.67 Å². The highest BCUT2D eigenvalue weighted by molar-refractivity contribution is 7.07. The van der Waals surface area contributed by atoms with Crippen molar-refractivity contribution in [3.8, 4) is 0 Å². The van der Waals surface area contributed by atoms with Crippen LogP contribution in [0.25, 0.3) is 10.9 Å². The zero-order valence-electron chi connectivity index (χ0n) is 74.5. The molecule has 27 heteroatoms. The van der Waals surface area contributed by atoms with Crippen LogP contribution in [-0.2, 0) is 0 Å². The van der Waals surface area contributed by atoms with Crippen LogP contribution < -0.4 is 0 Å². The molecule has 690 valence electrons. The van der Waals surface area contributed by atoms with Gasteiger partial charge in [-0.25, -0.2) is 24.3 Å². The van der Waals surface area contributed by atoms with E-state index in [-0.39, 0.29) is 52.0 Å². The van der Waals surface area contributed by atoms with Crippen LogP contribution in [0.2, 0.25) is 0 Å². The molecule has 15 aromatic rings. The van der Waals surface area contributed by atoms with Gasteiger partial charge in [-0.3, -0.25) is 30.1 Å². The molecule has 0 aliphatic carbocycles. The van der Waals surface area contributed by atoms with Gasteiger partial charge in [0.2, 0.25) is 0 Å². The van der Waals surface area contributed by atoms with Gasteiger partial charge in [-0.15, -0.1) is 21.6 Å². The van der Waals surface area contributed by atoms with Crippen LogP contribution in [0.1, 0.15) is 260 Å². The van der Waals surface area contributed by atoms with Crippen molar-refractivity contribution in [2.24, 2.45) is 20.7 Å². The minimum Gasteiger partial charge on any atom is -0.473 e. The number of nitrogens with zero attached hydrogens (tertiary/aromatic N) is 17. The number of hydrogen-bond acceptors (Lipinski definition) is 22. The third-order valence-corrected chi connectivity index (χ3v) is 9.04. The summed E-state index contributed by atoms with van der Waals surface area (Å²) in [5, 5.41) is 41.6. The summed E-state index contributed by atoms with van der Waals surface area (Å²) < 4.78 is 12.9. The quantitative estimate of drug-likeness (QED) is 0.0942. The van der Waals surface area contributed by atoms with Gasteiger partial charge >= 0.3 is 0 Å². The molecule has 1 aromatic carbocycles. The molecule has 0 amide bonds. The number of thiazole rings is 1. The number of benzene rings is 1. The summed E-state index contributed by atoms with van der Waals surface area (Å²) in [6, 6.07) is 40.4. The first-order valence-corrected chi connectivity index (χ1v) is 41.7. The number of hydrogen-bond donors (Lipinski definition) is 5. The van der Waals surface area contributed by atoms with Crippen LogP contribution in [0.5, 0.6) is 0 Å². The van der Waals surface area contributed by atoms with Crippen LogP contribution in [0.15, 0.2) is 352 Å². The molecule has 0 spiro atoms. The van der Waals surface area contributed by atoms with Crippen molar-refractivity contribution < 1.29 is 8.83 Å². The van der Waals surface area contributed by atoms with Gasteiger partial charge in [0.15, 0.2) is 6.67 Å². The van der Waals surface area contributed by atoms with Crippen molar-refractivity contribution >= 4 is 45.1 Å². The molecule has 1 aliphatic rings. The van der Waals surface area contributed by atoms with Gasteiger partial charge < -0.3 is 23.8 Å². The number of rotatable bonds is 0. The van der Waals surface area contributed by atoms with Crippen molar-refractivity contribution in [2.75, 3.05) is 6.67 Å². The molecular formula is C93H178N22O2S3. The van der Waals surface area contributed by atoms with Gasteiger partial charge in [-0.2, -0.15) is 31.7 Å². The predicted molar refractivity (Wildman–Crippen MR) is 541 cm³/mol. The number of fused-ring (bicyclic) bond motifs is 1. The predicted octanol–water partition coefficient (Wildman–Crippen LogP) is 33.5. The average Bonchev–Trinajstić information content (AvgIpc) is 1.74. The van der Waals surface area contributed by atoms with Crippen LogP contribution >= 0.6 is 34.2 Å². The largest absolute Gasteiger partial charge is 0.473 e. The fourth-order valence-corrected chi connectivity index (χ4v) is 5.27. The van der Waals surface area contributed by atoms with Crippen LogP contribution in [0.3, 0.4) is 0 Å². The van der Waals surface area contributed by atoms with E-state index in [1.807, 2.05) is 351 Å². The lowest BCUT2D eigenvalue weighted by molar-refractivity contribution is 0.567. The topological polar surface area (TPSA) is 322 Å². The van der Waals surface area contributed by atoms with Gasteiger partial charge in [0.05, 0.1) is 36.9 Å². The lowest BCUT2D eigenvalue weighted by Gasteiger charge is -1.83. The van der Waals surface area contributed by atoms with Crippen molar-refractivity contribution in [3.05, 3.63) is 323 Å². The van der Waals surface area contributed by atoms with Crippen LogP contribution in [-0.4, -0.2) is 96.5 Å². The SMILES string of the molecule is C.C.C.C.C.C.C.C1N=NN=N1.CC.CC.CC.CC.CC.CC.CC.CC.CC.CC.CC.CC.CC.CC.CC.c1c[nH]cn1.c1cc[nH]c1.c1ccc2[nH]ccc2c1.c1ccncc1.c1ccnnc1.c1ccoc1.c1ccoc1.c1ccsc1.c1cn[nH]c1.c1cnccn1.c1cncnc1.c1cnsc1.c1cscn1.c1nc[nH]n1. The Kier molecular flexibility index (Phi) is 292. The smallest absolute Gasteiger partial charge is 0.175 e. The average molecular weight is 1730 g/mol. The molecule has 0 bridgehead atoms. The number of imidazole rings is 1. The number of thiophene rings is 1. The van der Waals surface area contributed by atoms with Crippen molar-refractivity contribution in [3.63, 3.8) is 0 Å². The van der Waals surface area contributed by atoms with Gasteiger partial charge in [-0.1, -0.05) is 296 Å². The number of aromatic nitrogens is 18. The maximum atomic E-state index is 4.58. The van der Waals surface area contributed by atoms with Gasteiger partial charge in [0, 0.05) is 134 Å². The summed E-state index contributed by atoms with van der Waals surface area (Å²) in [5.74, 6) is 0. The third kappa shape index (κ3) is 188. The van der Waals surface area contributed by atoms with E-state index in [1.165, 1.54) is 41.4 Å². The summed E-state index contributed by atoms with van der Waals surface area (Å²) in [4.78, 5) is 38.3. The molecular weight excluding hydrogens is 1550 g/mol. The van der Waals surface area contributed by atoms with Crippen molar-refractivity contribution in [2.45, 2.75) is 260 Å². The van der Waals surface area contributed by atoms with Gasteiger partial charge in [-0.05, 0) is 129 Å². The summed E-state index contributed by atoms with van der Waals surface area (Å²) >= 11 is 4.78. The third-order valence-electron chi connectivity index (χ3n) is 7.37. The molecule has 1 aliphatic heterocycles. The van der Waals surface area contributed by atoms with E-state index >= 15 is 0 Å². The fourth-order valence-electron chi connectivity index (χ4n) is 4.12. The Morgan fingerprint density at radius 3 is 0.917 bits per heavy atom. The Balaban J connectivity index is -0.0000000449. The molecule has 14 aromatic heterocycles. The molecule has 0 atom stereocenters. The number of para-hydroxylation sites is 1. The standard InChI is InChI=1S/C8H7N.C5H5N.3C4H4N2.C4H5N.2C4H4O.C4H4S.2C3H4N2.2C3H3NS.C2H3N3.15C2H6.CH2N4.7CH4/c1-2-4-8-7(3-1)5-6-9-8;1-2-4-6-5-3-1;1-2-6-4-3-5-1;1-2-5-4-6-3-1;1-2-4-6-5-3-1;4*1-2-4-5-3-1;1-2-5-3-4-1;1-2-4-5-3-1;1-2-5-3-4-1;1-2-4-5-3-1;1-3-2-5-4-1;15*1-2;1-2-4-5-3-1;;;;;;;/h1-6,9H;1-5H;3*1-4H;1-5H;3*1-4H;2*1-3H,(H,4,5);2*1-3H;1-2H,(H,3,4,5);15*1-2H3;1H2;7*1H4. The second kappa shape index (κ2) is 214. The molecule has 120 heavy (non-hydrogen) atoms. The maximum Gasteiger partial charge on any atom is 0.175 e. The van der Waals surface area contributed by atoms with E-state index < -0.39 is 0 Å². The first-order valence-electron chi connectivity index (χ1n) is 39.0. The first-order chi connectivity index (χ1) is 56.5. The maximum absolute atomic E-state index is 4.58. The van der Waals surface area contributed by atoms with E-state index in [0.717, 1.165) is 0 Å². The van der Waals surface area contributed by atoms with E-state index in [2.05, 4.69) is 137 Å². The Bertz CT molecular complexity index is 2470. The highest BCUT2D eigenvalue weighted by Crippen LogP contribution is 2.09. The molecule has 5 N–H and O–H groups in total. The summed E-state index contributed by atoms with van der Waals surface area (Å²) in [6.07, 6.45) is 45.4. The number of aromatic amines is 5. The highest BCUT2D eigenvalue weighted by Gasteiger charge is 1.87. The molecule has 24 nitrogen and oxygen atoms in total. The zero-order valence-corrected chi connectivity index (χ0v) is 76.9. The second-order valence-corrected chi connectivity index (χ2v) is 15.5. The first kappa shape index (κ1) is 164. The molecule has 0 saturated heterocycles. The summed E-state index contributed by atoms with van der Waals surface area (Å²) in [5.41, 5.74) is 3.00. The molecule has 15 heterocycles. The second-order valence-electron chi connectivity index (χ2n) is 13.2. The van der Waals surface area contributed by atoms with Crippen molar-refractivity contribution in [1.29, 1.82) is 0 Å². The Morgan fingerprint density at radius 2 is 0.742 bits per heavy atom. The van der Waals surface area contributed by atoms with E-state index in [4.69, 9.17) is 0 Å². The zero-order chi connectivity index (χ0) is 88.4. The number of nitrogens with one attached hydrogen (secondary N) is 5. The molecule has 0 unspecified atom stereocenters. The Labute approximate surface area is 748 Å². The lowest BCUT2D eigenvalue weighted by atomic mass is 10.3. The molecule has 0 radical (unpaired) electrons. The van der Waals surface area contributed by atoms with E-state index in [9.17, 15) is 0 Å². The highest BCUT2D eigenvalue weighted by atomic mass is 32.1. The monoisotopic (exact) mass is 1730 g/mol. The Hall–Kier alpha value is -11.3. The summed E-state index contributed by atoms with van der Waals surface area (Å²) in [7, 11) is 0. The normalized spacial score (nSPS) is 6.85. The molecule has 16 rings (SSSR count). The number of H-pyrrole nitrogens is 5.